The second kappa shape index (κ2) is 8.48. The molecule has 0 spiro atoms. The molecule has 142 valence electrons. The summed E-state index contributed by atoms with van der Waals surface area (Å²) in [5.74, 6) is -1.92. The molecule has 3 rings (SSSR count). The predicted molar refractivity (Wildman–Crippen MR) is 98.3 cm³/mol. The van der Waals surface area contributed by atoms with Gasteiger partial charge in [-0.2, -0.15) is 0 Å². The molecule has 0 aromatic heterocycles. The van der Waals surface area contributed by atoms with Crippen LogP contribution in [0.4, 0.5) is 8.78 Å². The number of nitrogens with zero attached hydrogens (tertiary/aromatic N) is 1. The van der Waals surface area contributed by atoms with Crippen LogP contribution in [0.5, 0.6) is 0 Å². The maximum atomic E-state index is 13.9. The van der Waals surface area contributed by atoms with Crippen molar-refractivity contribution in [3.05, 3.63) is 70.2 Å². The van der Waals surface area contributed by atoms with E-state index in [1.54, 1.807) is 18.2 Å². The van der Waals surface area contributed by atoms with Gasteiger partial charge >= 0.3 is 0 Å². The van der Waals surface area contributed by atoms with Crippen molar-refractivity contribution < 1.29 is 18.4 Å². The van der Waals surface area contributed by atoms with Crippen LogP contribution in [0.3, 0.4) is 0 Å². The fourth-order valence-electron chi connectivity index (χ4n) is 3.17. The van der Waals surface area contributed by atoms with Crippen LogP contribution in [0.1, 0.15) is 28.8 Å². The Morgan fingerprint density at radius 1 is 1.04 bits per heavy atom. The molecule has 1 fully saturated rings. The van der Waals surface area contributed by atoms with Crippen molar-refractivity contribution in [3.63, 3.8) is 0 Å². The summed E-state index contributed by atoms with van der Waals surface area (Å²) in [5.41, 5.74) is 0.286. The molecule has 1 aliphatic heterocycles. The van der Waals surface area contributed by atoms with E-state index in [1.807, 2.05) is 0 Å². The largest absolute Gasteiger partial charge is 0.352 e. The smallest absolute Gasteiger partial charge is 0.258 e. The van der Waals surface area contributed by atoms with E-state index >= 15 is 0 Å². The van der Waals surface area contributed by atoms with E-state index < -0.39 is 11.7 Å². The summed E-state index contributed by atoms with van der Waals surface area (Å²) in [6, 6.07) is 10.4. The number of carbonyl (C=O) groups is 2. The SMILES string of the molecule is O=C(NCc1ccccc1F)C1CCN(C(=O)c2c(F)cccc2Cl)CC1. The van der Waals surface area contributed by atoms with E-state index in [9.17, 15) is 18.4 Å². The summed E-state index contributed by atoms with van der Waals surface area (Å²) in [6.07, 6.45) is 0.918. The number of carbonyl (C=O) groups excluding carboxylic acids is 2. The minimum Gasteiger partial charge on any atom is -0.352 e. The second-order valence-corrected chi connectivity index (χ2v) is 6.88. The number of benzene rings is 2. The first-order valence-corrected chi connectivity index (χ1v) is 9.09. The molecule has 0 radical (unpaired) electrons. The Balaban J connectivity index is 1.55. The molecule has 4 nitrogen and oxygen atoms in total. The molecule has 0 aliphatic carbocycles. The van der Waals surface area contributed by atoms with Crippen LogP contribution >= 0.6 is 11.6 Å². The number of piperidine rings is 1. The molecule has 2 aromatic carbocycles. The summed E-state index contributed by atoms with van der Waals surface area (Å²) in [7, 11) is 0. The number of hydrogen-bond acceptors (Lipinski definition) is 2. The molecule has 1 aliphatic rings. The summed E-state index contributed by atoms with van der Waals surface area (Å²) in [4.78, 5) is 26.3. The van der Waals surface area contributed by atoms with Gasteiger partial charge in [0.25, 0.3) is 5.91 Å². The van der Waals surface area contributed by atoms with Crippen LogP contribution in [0.15, 0.2) is 42.5 Å². The van der Waals surface area contributed by atoms with Crippen molar-refractivity contribution in [2.45, 2.75) is 19.4 Å². The van der Waals surface area contributed by atoms with Crippen molar-refractivity contribution in [1.82, 2.24) is 10.2 Å². The van der Waals surface area contributed by atoms with Crippen LogP contribution in [0, 0.1) is 17.6 Å². The van der Waals surface area contributed by atoms with Gasteiger partial charge in [0.05, 0.1) is 10.6 Å². The highest BCUT2D eigenvalue weighted by molar-refractivity contribution is 6.33. The molecule has 0 saturated carbocycles. The zero-order chi connectivity index (χ0) is 19.4. The van der Waals surface area contributed by atoms with Gasteiger partial charge in [0, 0.05) is 31.1 Å². The van der Waals surface area contributed by atoms with Gasteiger partial charge < -0.3 is 10.2 Å². The predicted octanol–water partition coefficient (Wildman–Crippen LogP) is 3.79. The van der Waals surface area contributed by atoms with Gasteiger partial charge in [-0.15, -0.1) is 0 Å². The van der Waals surface area contributed by atoms with E-state index in [2.05, 4.69) is 5.32 Å². The first-order valence-electron chi connectivity index (χ1n) is 8.71. The Morgan fingerprint density at radius 3 is 2.37 bits per heavy atom. The molecule has 2 aromatic rings. The molecule has 1 N–H and O–H groups in total. The fraction of sp³-hybridized carbons (Fsp3) is 0.300. The lowest BCUT2D eigenvalue weighted by atomic mass is 9.95. The maximum absolute atomic E-state index is 13.9. The molecule has 0 unspecified atom stereocenters. The summed E-state index contributed by atoms with van der Waals surface area (Å²) >= 11 is 5.95. The van der Waals surface area contributed by atoms with Crippen LogP contribution < -0.4 is 5.32 Å². The lowest BCUT2D eigenvalue weighted by Gasteiger charge is -2.31. The molecule has 7 heteroatoms. The maximum Gasteiger partial charge on any atom is 0.258 e. The Labute approximate surface area is 161 Å². The summed E-state index contributed by atoms with van der Waals surface area (Å²) in [5, 5.41) is 2.81. The molecule has 1 heterocycles. The van der Waals surface area contributed by atoms with E-state index in [1.165, 1.54) is 29.2 Å². The lowest BCUT2D eigenvalue weighted by molar-refractivity contribution is -0.126. The van der Waals surface area contributed by atoms with Crippen LogP contribution in [0.2, 0.25) is 5.02 Å². The third-order valence-electron chi connectivity index (χ3n) is 4.74. The number of hydrogen-bond donors (Lipinski definition) is 1. The van der Waals surface area contributed by atoms with Crippen molar-refractivity contribution in [2.75, 3.05) is 13.1 Å². The Morgan fingerprint density at radius 2 is 1.70 bits per heavy atom. The number of likely N-dealkylation sites (tertiary alicyclic amines) is 1. The van der Waals surface area contributed by atoms with Crippen molar-refractivity contribution in [2.24, 2.45) is 5.92 Å². The van der Waals surface area contributed by atoms with Crippen LogP contribution in [-0.2, 0) is 11.3 Å². The molecule has 0 atom stereocenters. The zero-order valence-electron chi connectivity index (χ0n) is 14.6. The molecule has 1 saturated heterocycles. The normalized spacial score (nSPS) is 14.9. The van der Waals surface area contributed by atoms with Gasteiger partial charge in [-0.3, -0.25) is 9.59 Å². The van der Waals surface area contributed by atoms with E-state index in [4.69, 9.17) is 11.6 Å². The average Bonchev–Trinajstić information content (AvgIpc) is 2.67. The average molecular weight is 393 g/mol. The van der Waals surface area contributed by atoms with Crippen molar-refractivity contribution in [3.8, 4) is 0 Å². The van der Waals surface area contributed by atoms with Gasteiger partial charge in [0.1, 0.15) is 11.6 Å². The van der Waals surface area contributed by atoms with Gasteiger partial charge in [0.15, 0.2) is 0 Å². The summed E-state index contributed by atoms with van der Waals surface area (Å²) in [6.45, 7) is 0.790. The third-order valence-corrected chi connectivity index (χ3v) is 5.06. The second-order valence-electron chi connectivity index (χ2n) is 6.47. The zero-order valence-corrected chi connectivity index (χ0v) is 15.3. The Kier molecular flexibility index (Phi) is 6.06. The van der Waals surface area contributed by atoms with E-state index in [-0.39, 0.29) is 34.8 Å². The van der Waals surface area contributed by atoms with Gasteiger partial charge in [-0.25, -0.2) is 8.78 Å². The third kappa shape index (κ3) is 4.45. The number of halogens is 3. The van der Waals surface area contributed by atoms with Gasteiger partial charge in [0.2, 0.25) is 5.91 Å². The van der Waals surface area contributed by atoms with Gasteiger partial charge in [-0.05, 0) is 31.0 Å². The van der Waals surface area contributed by atoms with E-state index in [0.29, 0.717) is 31.5 Å². The lowest BCUT2D eigenvalue weighted by Crippen LogP contribution is -2.43. The molecular weight excluding hydrogens is 374 g/mol. The van der Waals surface area contributed by atoms with Gasteiger partial charge in [-0.1, -0.05) is 35.9 Å². The summed E-state index contributed by atoms with van der Waals surface area (Å²) < 4.78 is 27.5. The molecular formula is C20H19ClF2N2O2. The number of nitrogens with one attached hydrogen (secondary N) is 1. The molecule has 27 heavy (non-hydrogen) atoms. The first kappa shape index (κ1) is 19.3. The highest BCUT2D eigenvalue weighted by atomic mass is 35.5. The minimum atomic E-state index is -0.655. The first-order chi connectivity index (χ1) is 13.0. The standard InChI is InChI=1S/C20H19ClF2N2O2/c21-15-5-3-7-17(23)18(15)20(27)25-10-8-13(9-11-25)19(26)24-12-14-4-1-2-6-16(14)22/h1-7,13H,8-12H2,(H,24,26). The van der Waals surface area contributed by atoms with Crippen molar-refractivity contribution >= 4 is 23.4 Å². The number of rotatable bonds is 4. The van der Waals surface area contributed by atoms with Crippen LogP contribution in [-0.4, -0.2) is 29.8 Å². The number of amides is 2. The highest BCUT2D eigenvalue weighted by Crippen LogP contribution is 2.24. The highest BCUT2D eigenvalue weighted by Gasteiger charge is 2.29. The Hall–Kier alpha value is -2.47. The van der Waals surface area contributed by atoms with Crippen molar-refractivity contribution in [1.29, 1.82) is 0 Å². The fourth-order valence-corrected chi connectivity index (χ4v) is 3.42. The molecule has 2 amide bonds. The monoisotopic (exact) mass is 392 g/mol. The Bertz CT molecular complexity index is 831. The quantitative estimate of drug-likeness (QED) is 0.860. The van der Waals surface area contributed by atoms with E-state index in [0.717, 1.165) is 0 Å². The minimum absolute atomic E-state index is 0.0738. The molecule has 0 bridgehead atoms. The van der Waals surface area contributed by atoms with Crippen LogP contribution in [0.25, 0.3) is 0 Å². The topological polar surface area (TPSA) is 49.4 Å².